The normalized spacial score (nSPS) is 11.9. The zero-order valence-corrected chi connectivity index (χ0v) is 10.4. The number of nitrogens with zero attached hydrogens (tertiary/aromatic N) is 1. The molecule has 98 valence electrons. The Balaban J connectivity index is 2.13. The summed E-state index contributed by atoms with van der Waals surface area (Å²) in [6, 6.07) is 9.09. The summed E-state index contributed by atoms with van der Waals surface area (Å²) < 4.78 is 13.6. The number of pyridine rings is 1. The average Bonchev–Trinajstić information content (AvgIpc) is 2.39. The minimum absolute atomic E-state index is 0.0306. The smallest absolute Gasteiger partial charge is 0.254 e. The highest BCUT2D eigenvalue weighted by Gasteiger charge is 2.15. The fourth-order valence-corrected chi connectivity index (χ4v) is 1.70. The molecule has 0 radical (unpaired) electrons. The summed E-state index contributed by atoms with van der Waals surface area (Å²) in [5, 5.41) is 2.69. The molecule has 1 aromatic carbocycles. The standard InChI is InChI=1S/C14H14FN3O/c1-9(13-4-2-3-7-17-13)18-14(19)11-6-5-10(16)8-12(11)15/h2-9H,16H2,1H3,(H,18,19)/t9-/m1/s1. The molecule has 2 aromatic rings. The van der Waals surface area contributed by atoms with Gasteiger partial charge in [-0.2, -0.15) is 0 Å². The van der Waals surface area contributed by atoms with Gasteiger partial charge in [-0.15, -0.1) is 0 Å². The van der Waals surface area contributed by atoms with Gasteiger partial charge in [0.2, 0.25) is 0 Å². The summed E-state index contributed by atoms with van der Waals surface area (Å²) in [7, 11) is 0. The molecule has 1 aromatic heterocycles. The van der Waals surface area contributed by atoms with Crippen LogP contribution in [0.3, 0.4) is 0 Å². The van der Waals surface area contributed by atoms with Gasteiger partial charge in [-0.05, 0) is 37.3 Å². The Kier molecular flexibility index (Phi) is 3.75. The fourth-order valence-electron chi connectivity index (χ4n) is 1.70. The van der Waals surface area contributed by atoms with Crippen LogP contribution in [0, 0.1) is 5.82 Å². The maximum absolute atomic E-state index is 13.6. The highest BCUT2D eigenvalue weighted by molar-refractivity contribution is 5.95. The summed E-state index contributed by atoms with van der Waals surface area (Å²) in [5.74, 6) is -1.12. The molecule has 1 amide bonds. The number of nitrogen functional groups attached to an aromatic ring is 1. The molecule has 5 heteroatoms. The van der Waals surface area contributed by atoms with Gasteiger partial charge >= 0.3 is 0 Å². The van der Waals surface area contributed by atoms with Gasteiger partial charge in [-0.3, -0.25) is 9.78 Å². The lowest BCUT2D eigenvalue weighted by Gasteiger charge is -2.13. The van der Waals surface area contributed by atoms with E-state index < -0.39 is 11.7 Å². The van der Waals surface area contributed by atoms with Gasteiger partial charge in [0, 0.05) is 11.9 Å². The van der Waals surface area contributed by atoms with Crippen molar-refractivity contribution < 1.29 is 9.18 Å². The van der Waals surface area contributed by atoms with Gasteiger partial charge in [-0.1, -0.05) is 6.07 Å². The molecule has 3 N–H and O–H groups in total. The van der Waals surface area contributed by atoms with E-state index in [0.717, 1.165) is 6.07 Å². The lowest BCUT2D eigenvalue weighted by molar-refractivity contribution is 0.0935. The Morgan fingerprint density at radius 2 is 2.16 bits per heavy atom. The van der Waals surface area contributed by atoms with Crippen LogP contribution >= 0.6 is 0 Å². The van der Waals surface area contributed by atoms with E-state index in [0.29, 0.717) is 5.69 Å². The summed E-state index contributed by atoms with van der Waals surface area (Å²) >= 11 is 0. The Bertz CT molecular complexity index is 586. The molecule has 19 heavy (non-hydrogen) atoms. The maximum atomic E-state index is 13.6. The van der Waals surface area contributed by atoms with Crippen molar-refractivity contribution in [1.82, 2.24) is 10.3 Å². The predicted molar refractivity (Wildman–Crippen MR) is 70.9 cm³/mol. The summed E-state index contributed by atoms with van der Waals surface area (Å²) in [5.41, 5.74) is 6.41. The molecule has 0 spiro atoms. The van der Waals surface area contributed by atoms with Crippen molar-refractivity contribution in [2.75, 3.05) is 5.73 Å². The first-order valence-corrected chi connectivity index (χ1v) is 5.84. The Labute approximate surface area is 110 Å². The number of amides is 1. The van der Waals surface area contributed by atoms with E-state index >= 15 is 0 Å². The van der Waals surface area contributed by atoms with E-state index in [1.54, 1.807) is 25.3 Å². The van der Waals surface area contributed by atoms with Crippen LogP contribution in [0.25, 0.3) is 0 Å². The quantitative estimate of drug-likeness (QED) is 0.831. The zero-order valence-electron chi connectivity index (χ0n) is 10.4. The summed E-state index contributed by atoms with van der Waals surface area (Å²) in [6.07, 6.45) is 1.64. The molecule has 0 bridgehead atoms. The van der Waals surface area contributed by atoms with Crippen molar-refractivity contribution in [2.24, 2.45) is 0 Å². The molecule has 0 fully saturated rings. The molecule has 0 aliphatic heterocycles. The Morgan fingerprint density at radius 3 is 2.79 bits per heavy atom. The third-order valence-electron chi connectivity index (χ3n) is 2.72. The number of nitrogens with two attached hydrogens (primary N) is 1. The van der Waals surface area contributed by atoms with Crippen LogP contribution in [0.15, 0.2) is 42.6 Å². The molecule has 0 aliphatic carbocycles. The van der Waals surface area contributed by atoms with Gasteiger partial charge in [-0.25, -0.2) is 4.39 Å². The lowest BCUT2D eigenvalue weighted by Crippen LogP contribution is -2.28. The number of nitrogens with one attached hydrogen (secondary N) is 1. The first-order valence-electron chi connectivity index (χ1n) is 5.84. The maximum Gasteiger partial charge on any atom is 0.254 e. The first-order chi connectivity index (χ1) is 9.08. The van der Waals surface area contributed by atoms with Gasteiger partial charge in [0.1, 0.15) is 5.82 Å². The van der Waals surface area contributed by atoms with Gasteiger partial charge in [0.05, 0.1) is 17.3 Å². The number of hydrogen-bond donors (Lipinski definition) is 2. The van der Waals surface area contributed by atoms with Crippen molar-refractivity contribution in [3.8, 4) is 0 Å². The van der Waals surface area contributed by atoms with E-state index in [9.17, 15) is 9.18 Å². The summed E-state index contributed by atoms with van der Waals surface area (Å²) in [4.78, 5) is 16.1. The number of carbonyl (C=O) groups excluding carboxylic acids is 1. The minimum Gasteiger partial charge on any atom is -0.399 e. The number of halogens is 1. The van der Waals surface area contributed by atoms with Crippen LogP contribution in [0.1, 0.15) is 29.0 Å². The van der Waals surface area contributed by atoms with Crippen LogP contribution in [-0.2, 0) is 0 Å². The van der Waals surface area contributed by atoms with Crippen molar-refractivity contribution in [3.05, 3.63) is 59.7 Å². The van der Waals surface area contributed by atoms with Crippen LogP contribution in [-0.4, -0.2) is 10.9 Å². The third kappa shape index (κ3) is 3.07. The largest absolute Gasteiger partial charge is 0.399 e. The van der Waals surface area contributed by atoms with Crippen LogP contribution in [0.2, 0.25) is 0 Å². The Hall–Kier alpha value is -2.43. The number of anilines is 1. The molecule has 0 unspecified atom stereocenters. The topological polar surface area (TPSA) is 68.0 Å². The second kappa shape index (κ2) is 5.48. The number of rotatable bonds is 3. The number of benzene rings is 1. The molecule has 2 rings (SSSR count). The van der Waals surface area contributed by atoms with Crippen molar-refractivity contribution in [1.29, 1.82) is 0 Å². The van der Waals surface area contributed by atoms with E-state index in [-0.39, 0.29) is 17.3 Å². The number of hydrogen-bond acceptors (Lipinski definition) is 3. The molecular weight excluding hydrogens is 245 g/mol. The van der Waals surface area contributed by atoms with E-state index in [2.05, 4.69) is 10.3 Å². The average molecular weight is 259 g/mol. The van der Waals surface area contributed by atoms with E-state index in [4.69, 9.17) is 5.73 Å². The molecule has 4 nitrogen and oxygen atoms in total. The predicted octanol–water partition coefficient (Wildman–Crippen LogP) is 2.29. The fraction of sp³-hybridized carbons (Fsp3) is 0.143. The molecule has 0 saturated heterocycles. The second-order valence-electron chi connectivity index (χ2n) is 4.19. The highest BCUT2D eigenvalue weighted by atomic mass is 19.1. The highest BCUT2D eigenvalue weighted by Crippen LogP contribution is 2.14. The molecular formula is C14H14FN3O. The van der Waals surface area contributed by atoms with Gasteiger partial charge < -0.3 is 11.1 Å². The molecule has 0 saturated carbocycles. The van der Waals surface area contributed by atoms with Crippen molar-refractivity contribution in [3.63, 3.8) is 0 Å². The monoisotopic (exact) mass is 259 g/mol. The van der Waals surface area contributed by atoms with Crippen molar-refractivity contribution >= 4 is 11.6 Å². The minimum atomic E-state index is -0.634. The number of aromatic nitrogens is 1. The second-order valence-corrected chi connectivity index (χ2v) is 4.19. The van der Waals surface area contributed by atoms with Gasteiger partial charge in [0.15, 0.2) is 0 Å². The van der Waals surface area contributed by atoms with Crippen LogP contribution < -0.4 is 11.1 Å². The van der Waals surface area contributed by atoms with Crippen molar-refractivity contribution in [2.45, 2.75) is 13.0 Å². The van der Waals surface area contributed by atoms with Crippen LogP contribution in [0.4, 0.5) is 10.1 Å². The number of carbonyl (C=O) groups is 1. The van der Waals surface area contributed by atoms with E-state index in [1.165, 1.54) is 12.1 Å². The van der Waals surface area contributed by atoms with E-state index in [1.807, 2.05) is 6.07 Å². The summed E-state index contributed by atoms with van der Waals surface area (Å²) in [6.45, 7) is 1.79. The third-order valence-corrected chi connectivity index (χ3v) is 2.72. The zero-order chi connectivity index (χ0) is 13.8. The lowest BCUT2D eigenvalue weighted by atomic mass is 10.1. The van der Waals surface area contributed by atoms with Gasteiger partial charge in [0.25, 0.3) is 5.91 Å². The Morgan fingerprint density at radius 1 is 1.37 bits per heavy atom. The van der Waals surface area contributed by atoms with Crippen LogP contribution in [0.5, 0.6) is 0 Å². The molecule has 1 heterocycles. The SMILES string of the molecule is C[C@@H](NC(=O)c1ccc(N)cc1F)c1ccccn1. The molecule has 1 atom stereocenters. The first kappa shape index (κ1) is 13.0. The molecule has 0 aliphatic rings.